The first kappa shape index (κ1) is 18.3. The minimum atomic E-state index is -0.470. The summed E-state index contributed by atoms with van der Waals surface area (Å²) >= 11 is 0. The Balaban J connectivity index is 1.50. The van der Waals surface area contributed by atoms with Crippen molar-refractivity contribution in [2.45, 2.75) is 19.4 Å². The summed E-state index contributed by atoms with van der Waals surface area (Å²) in [6.45, 7) is 2.89. The molecule has 5 rings (SSSR count). The molecule has 8 nitrogen and oxygen atoms in total. The lowest BCUT2D eigenvalue weighted by molar-refractivity contribution is 0.309. The van der Waals surface area contributed by atoms with Gasteiger partial charge in [-0.15, -0.1) is 4.80 Å². The fourth-order valence-electron chi connectivity index (χ4n) is 3.80. The maximum absolute atomic E-state index is 14.1. The van der Waals surface area contributed by atoms with Gasteiger partial charge < -0.3 is 14.2 Å². The van der Waals surface area contributed by atoms with Crippen LogP contribution in [-0.4, -0.2) is 38.8 Å². The lowest BCUT2D eigenvalue weighted by atomic mass is 9.99. The van der Waals surface area contributed by atoms with Crippen LogP contribution in [-0.2, 0) is 0 Å². The first-order chi connectivity index (χ1) is 14.7. The normalized spacial score (nSPS) is 15.8. The summed E-state index contributed by atoms with van der Waals surface area (Å²) in [4.78, 5) is 8.35. The number of para-hydroxylation sites is 2. The fraction of sp³-hybridized carbons (Fsp3) is 0.238. The largest absolute Gasteiger partial charge is 0.493 e. The van der Waals surface area contributed by atoms with Gasteiger partial charge in [0.05, 0.1) is 30.8 Å². The number of aromatic nitrogens is 5. The number of anilines is 1. The van der Waals surface area contributed by atoms with Crippen molar-refractivity contribution in [1.29, 1.82) is 0 Å². The summed E-state index contributed by atoms with van der Waals surface area (Å²) in [7, 11) is 1.42. The molecular weight excluding hydrogens is 387 g/mol. The number of aryl methyl sites for hydroxylation is 1. The van der Waals surface area contributed by atoms with E-state index in [4.69, 9.17) is 9.26 Å². The fourth-order valence-corrected chi connectivity index (χ4v) is 3.80. The Morgan fingerprint density at radius 3 is 2.67 bits per heavy atom. The zero-order valence-electron chi connectivity index (χ0n) is 16.5. The number of hydrogen-bond acceptors (Lipinski definition) is 7. The van der Waals surface area contributed by atoms with Gasteiger partial charge in [-0.25, -0.2) is 4.39 Å². The molecule has 2 aromatic heterocycles. The Hall–Kier alpha value is -3.75. The maximum atomic E-state index is 14.1. The van der Waals surface area contributed by atoms with E-state index in [0.717, 1.165) is 29.9 Å². The molecule has 0 amide bonds. The van der Waals surface area contributed by atoms with E-state index in [9.17, 15) is 4.39 Å². The van der Waals surface area contributed by atoms with Crippen LogP contribution in [0.25, 0.3) is 17.1 Å². The van der Waals surface area contributed by atoms with Crippen LogP contribution in [0.1, 0.15) is 23.9 Å². The molecule has 3 heterocycles. The van der Waals surface area contributed by atoms with Gasteiger partial charge in [-0.2, -0.15) is 15.2 Å². The molecule has 0 aliphatic carbocycles. The van der Waals surface area contributed by atoms with Crippen LogP contribution in [0.2, 0.25) is 0 Å². The lowest BCUT2D eigenvalue weighted by Gasteiger charge is -2.42. The van der Waals surface area contributed by atoms with Gasteiger partial charge in [0.15, 0.2) is 11.6 Å². The Labute approximate surface area is 171 Å². The highest BCUT2D eigenvalue weighted by atomic mass is 19.1. The molecule has 2 aromatic carbocycles. The molecule has 0 unspecified atom stereocenters. The summed E-state index contributed by atoms with van der Waals surface area (Å²) in [5.41, 5.74) is 3.46. The van der Waals surface area contributed by atoms with Crippen molar-refractivity contribution in [3.8, 4) is 22.8 Å². The second-order valence-corrected chi connectivity index (χ2v) is 7.04. The lowest BCUT2D eigenvalue weighted by Crippen LogP contribution is -2.42. The second-order valence-electron chi connectivity index (χ2n) is 7.04. The molecule has 0 bridgehead atoms. The zero-order valence-corrected chi connectivity index (χ0v) is 16.5. The van der Waals surface area contributed by atoms with E-state index in [0.29, 0.717) is 17.3 Å². The average molecular weight is 406 g/mol. The van der Waals surface area contributed by atoms with E-state index >= 15 is 0 Å². The molecule has 1 saturated heterocycles. The van der Waals surface area contributed by atoms with E-state index in [1.165, 1.54) is 13.2 Å². The summed E-state index contributed by atoms with van der Waals surface area (Å²) in [6.07, 6.45) is 4.16. The Bertz CT molecular complexity index is 1190. The molecule has 1 aliphatic rings. The third-order valence-corrected chi connectivity index (χ3v) is 5.30. The van der Waals surface area contributed by atoms with E-state index in [1.807, 2.05) is 12.1 Å². The van der Waals surface area contributed by atoms with Gasteiger partial charge in [-0.05, 0) is 37.1 Å². The van der Waals surface area contributed by atoms with Crippen molar-refractivity contribution >= 4 is 5.69 Å². The minimum absolute atomic E-state index is 0.0822. The smallest absolute Gasteiger partial charge is 0.249 e. The van der Waals surface area contributed by atoms with E-state index in [2.05, 4.69) is 38.2 Å². The molecule has 1 fully saturated rings. The summed E-state index contributed by atoms with van der Waals surface area (Å²) in [6, 6.07) is 10.6. The van der Waals surface area contributed by atoms with Crippen molar-refractivity contribution in [2.24, 2.45) is 0 Å². The molecule has 0 spiro atoms. The SMILES string of the molecule is COc1c(F)cccc1-c1noc([C@@H]2CCN2c2c(C)cccc2-n2nccn2)n1. The van der Waals surface area contributed by atoms with Crippen molar-refractivity contribution in [2.75, 3.05) is 18.6 Å². The Morgan fingerprint density at radius 1 is 1.13 bits per heavy atom. The van der Waals surface area contributed by atoms with E-state index in [-0.39, 0.29) is 11.8 Å². The molecule has 1 atom stereocenters. The molecule has 30 heavy (non-hydrogen) atoms. The van der Waals surface area contributed by atoms with Gasteiger partial charge >= 0.3 is 0 Å². The first-order valence-electron chi connectivity index (χ1n) is 9.57. The van der Waals surface area contributed by atoms with Crippen LogP contribution < -0.4 is 9.64 Å². The number of methoxy groups -OCH3 is 1. The van der Waals surface area contributed by atoms with Gasteiger partial charge in [-0.3, -0.25) is 0 Å². The van der Waals surface area contributed by atoms with Crippen LogP contribution in [0.3, 0.4) is 0 Å². The predicted molar refractivity (Wildman–Crippen MR) is 107 cm³/mol. The van der Waals surface area contributed by atoms with Crippen LogP contribution in [0, 0.1) is 12.7 Å². The predicted octanol–water partition coefficient (Wildman–Crippen LogP) is 3.72. The topological polar surface area (TPSA) is 82.1 Å². The molecule has 9 heteroatoms. The molecule has 0 saturated carbocycles. The van der Waals surface area contributed by atoms with Crippen LogP contribution in [0.5, 0.6) is 5.75 Å². The molecule has 152 valence electrons. The standard InChI is InChI=1S/C21H19FN6O2/c1-13-5-3-8-16(28-23-10-11-24-28)18(13)27-12-9-17(27)21-25-20(26-30-21)14-6-4-7-15(22)19(14)29-2/h3-8,10-11,17H,9,12H2,1-2H3/t17-/m0/s1. The highest BCUT2D eigenvalue weighted by Gasteiger charge is 2.37. The first-order valence-corrected chi connectivity index (χ1v) is 9.57. The average Bonchev–Trinajstić information content (AvgIpc) is 3.41. The number of hydrogen-bond donors (Lipinski definition) is 0. The Morgan fingerprint density at radius 2 is 1.93 bits per heavy atom. The van der Waals surface area contributed by atoms with Crippen molar-refractivity contribution in [3.63, 3.8) is 0 Å². The number of halogens is 1. The van der Waals surface area contributed by atoms with Gasteiger partial charge in [0.1, 0.15) is 11.7 Å². The quantitative estimate of drug-likeness (QED) is 0.499. The summed E-state index contributed by atoms with van der Waals surface area (Å²) < 4.78 is 24.8. The van der Waals surface area contributed by atoms with E-state index < -0.39 is 5.82 Å². The Kier molecular flexibility index (Phi) is 4.42. The summed E-state index contributed by atoms with van der Waals surface area (Å²) in [5, 5.41) is 12.6. The van der Waals surface area contributed by atoms with Crippen LogP contribution in [0.15, 0.2) is 53.3 Å². The van der Waals surface area contributed by atoms with E-state index in [1.54, 1.807) is 29.3 Å². The summed E-state index contributed by atoms with van der Waals surface area (Å²) in [5.74, 6) is 0.404. The highest BCUT2D eigenvalue weighted by molar-refractivity contribution is 5.69. The monoisotopic (exact) mass is 406 g/mol. The van der Waals surface area contributed by atoms with Gasteiger partial charge in [-0.1, -0.05) is 23.4 Å². The second kappa shape index (κ2) is 7.25. The number of rotatable bonds is 5. The number of ether oxygens (including phenoxy) is 1. The van der Waals surface area contributed by atoms with Gasteiger partial charge in [0, 0.05) is 6.54 Å². The van der Waals surface area contributed by atoms with Gasteiger partial charge in [0.25, 0.3) is 0 Å². The third kappa shape index (κ3) is 2.90. The molecule has 0 N–H and O–H groups in total. The van der Waals surface area contributed by atoms with Crippen molar-refractivity contribution < 1.29 is 13.7 Å². The van der Waals surface area contributed by atoms with Gasteiger partial charge in [0.2, 0.25) is 11.7 Å². The molecule has 0 radical (unpaired) electrons. The number of nitrogens with zero attached hydrogens (tertiary/aromatic N) is 6. The number of benzene rings is 2. The maximum Gasteiger partial charge on any atom is 0.249 e. The molecule has 1 aliphatic heterocycles. The van der Waals surface area contributed by atoms with Crippen LogP contribution in [0.4, 0.5) is 10.1 Å². The third-order valence-electron chi connectivity index (χ3n) is 5.30. The molecule has 4 aromatic rings. The van der Waals surface area contributed by atoms with Crippen molar-refractivity contribution in [1.82, 2.24) is 25.1 Å². The zero-order chi connectivity index (χ0) is 20.7. The minimum Gasteiger partial charge on any atom is -0.493 e. The molecular formula is C21H19FN6O2. The van der Waals surface area contributed by atoms with Crippen LogP contribution >= 0.6 is 0 Å². The highest BCUT2D eigenvalue weighted by Crippen LogP contribution is 2.42. The van der Waals surface area contributed by atoms with Crippen molar-refractivity contribution in [3.05, 3.63) is 66.1 Å².